The Morgan fingerprint density at radius 1 is 0.344 bits per heavy atom. The Balaban J connectivity index is -0.000000110. The summed E-state index contributed by atoms with van der Waals surface area (Å²) in [5.41, 5.74) is 0. The maximum Gasteiger partial charge on any atom is 3.00 e. The molecule has 0 amide bonds. The van der Waals surface area contributed by atoms with E-state index in [1.165, 1.54) is 0 Å². The molecular weight excluding hydrogens is 733 g/mol. The van der Waals surface area contributed by atoms with Crippen LogP contribution >= 0.6 is 0 Å². The Morgan fingerprint density at radius 3 is 0.438 bits per heavy atom. The molecule has 0 aliphatic rings. The number of carboxylic acids is 6. The summed E-state index contributed by atoms with van der Waals surface area (Å²) in [6, 6.07) is 0. The van der Waals surface area contributed by atoms with Gasteiger partial charge in [0.05, 0.1) is 35.8 Å². The van der Waals surface area contributed by atoms with E-state index in [-0.39, 0.29) is 80.8 Å². The molecule has 0 aromatic heterocycles. The average Bonchev–Trinajstić information content (AvgIpc) is 2.64. The number of rotatable bonds is 9. The normalized spacial score (nSPS) is 14.8. The predicted molar refractivity (Wildman–Crippen MR) is 66.1 cm³/mol. The molecule has 20 heteroatoms. The summed E-state index contributed by atoms with van der Waals surface area (Å²) in [7, 11) is 0. The van der Waals surface area contributed by atoms with Gasteiger partial charge in [0, 0.05) is 0 Å². The summed E-state index contributed by atoms with van der Waals surface area (Å²) < 4.78 is 0. The van der Waals surface area contributed by atoms with E-state index < -0.39 is 72.4 Å². The van der Waals surface area contributed by atoms with Crippen LogP contribution in [0.4, 0.5) is 0 Å². The van der Waals surface area contributed by atoms with Crippen LogP contribution in [-0.2, 0) is 28.8 Å². The van der Waals surface area contributed by atoms with Gasteiger partial charge < -0.3 is 90.0 Å². The summed E-state index contributed by atoms with van der Waals surface area (Å²) in [6.07, 6.45) is -14.6. The van der Waals surface area contributed by atoms with E-state index in [4.69, 9.17) is 30.6 Å². The molecule has 0 fully saturated rings. The van der Waals surface area contributed by atoms with Crippen LogP contribution < -0.4 is 30.6 Å². The number of carbonyl (C=O) groups is 6. The maximum atomic E-state index is 9.63. The summed E-state index contributed by atoms with van der Waals surface area (Å²) in [5, 5.41) is 107. The fraction of sp³-hybridized carbons (Fsp3) is 0.500. The van der Waals surface area contributed by atoms with Crippen molar-refractivity contribution in [1.82, 2.24) is 0 Å². The number of aliphatic hydroxyl groups is 6. The molecule has 0 aromatic rings. The first-order valence-electron chi connectivity index (χ1n) is 6.73. The van der Waals surface area contributed by atoms with Crippen molar-refractivity contribution in [2.75, 3.05) is 0 Å². The van der Waals surface area contributed by atoms with Crippen LogP contribution in [0, 0.1) is 80.8 Å². The summed E-state index contributed by atoms with van der Waals surface area (Å²) >= 11 is 0. The third-order valence-corrected chi connectivity index (χ3v) is 2.35. The van der Waals surface area contributed by atoms with Crippen LogP contribution in [0.1, 0.15) is 0 Å². The van der Waals surface area contributed by atoms with E-state index in [2.05, 4.69) is 0 Å². The molecule has 180 valence electrons. The van der Waals surface area contributed by atoms with Crippen molar-refractivity contribution in [1.29, 1.82) is 0 Å². The Labute approximate surface area is 240 Å². The smallest absolute Gasteiger partial charge is 0.547 e. The fourth-order valence-electron chi connectivity index (χ4n) is 0.773. The summed E-state index contributed by atoms with van der Waals surface area (Å²) in [4.78, 5) is 57.8. The van der Waals surface area contributed by atoms with Gasteiger partial charge in [-0.05, 0) is 0 Å². The van der Waals surface area contributed by atoms with Gasteiger partial charge in [-0.15, -0.1) is 0 Å². The van der Waals surface area contributed by atoms with Crippen molar-refractivity contribution >= 4 is 35.8 Å². The molecule has 0 spiro atoms. The van der Waals surface area contributed by atoms with Gasteiger partial charge in [-0.2, -0.15) is 0 Å². The second-order valence-corrected chi connectivity index (χ2v) is 4.58. The molecule has 0 aliphatic heterocycles. The van der Waals surface area contributed by atoms with E-state index in [0.717, 1.165) is 0 Å². The average molecular weight is 745 g/mol. The minimum Gasteiger partial charge on any atom is -0.547 e. The van der Waals surface area contributed by atoms with Gasteiger partial charge in [0.15, 0.2) is 0 Å². The molecule has 0 saturated heterocycles. The largest absolute Gasteiger partial charge is 3.00 e. The Bertz CT molecular complexity index is 498. The molecule has 32 heavy (non-hydrogen) atoms. The predicted octanol–water partition coefficient (Wildman–Crippen LogP) is -14.4. The zero-order chi connectivity index (χ0) is 24.9. The van der Waals surface area contributed by atoms with Crippen molar-refractivity contribution < 1.29 is 171 Å². The molecule has 0 bridgehead atoms. The summed E-state index contributed by atoms with van der Waals surface area (Å²) in [6.45, 7) is 0. The quantitative estimate of drug-likeness (QED) is 0.128. The van der Waals surface area contributed by atoms with Crippen molar-refractivity contribution in [3.63, 3.8) is 0 Å². The molecule has 0 rings (SSSR count). The Morgan fingerprint density at radius 2 is 0.406 bits per heavy atom. The van der Waals surface area contributed by atoms with Crippen LogP contribution in [0.5, 0.6) is 0 Å². The van der Waals surface area contributed by atoms with Crippen molar-refractivity contribution in [2.24, 2.45) is 0 Å². The number of carbonyl (C=O) groups excluding carboxylic acids is 6. The number of carboxylic acid groups (broad SMARTS) is 6. The number of aliphatic carboxylic acids is 6. The van der Waals surface area contributed by atoms with Crippen molar-refractivity contribution in [3.05, 3.63) is 0 Å². The molecule has 0 heterocycles. The van der Waals surface area contributed by atoms with Crippen molar-refractivity contribution in [2.45, 2.75) is 36.6 Å². The third kappa shape index (κ3) is 18.8. The van der Waals surface area contributed by atoms with Gasteiger partial charge in [0.25, 0.3) is 0 Å². The number of hydrogen-bond acceptors (Lipinski definition) is 18. The zero-order valence-electron chi connectivity index (χ0n) is 14.9. The van der Waals surface area contributed by atoms with Crippen molar-refractivity contribution in [3.8, 4) is 0 Å². The molecule has 2 radical (unpaired) electrons. The minimum atomic E-state index is -2.44. The molecule has 6 atom stereocenters. The SMILES string of the molecule is O=C([O-])C(O)C(O)C(=O)[O-].O=C([O-])C(O)C(O)C(=O)[O-].O=C([O-])C(O)C(O)C(=O)[O-].[Sm+3].[Sm+3]. The topological polar surface area (TPSA) is 362 Å². The monoisotopic (exact) mass is 748 g/mol. The molecule has 6 N–H and O–H groups in total. The Kier molecular flexibility index (Phi) is 27.0. The fourth-order valence-corrected chi connectivity index (χ4v) is 0.773. The van der Waals surface area contributed by atoms with E-state index in [1.807, 2.05) is 0 Å². The van der Waals surface area contributed by atoms with E-state index in [0.29, 0.717) is 0 Å². The van der Waals surface area contributed by atoms with Gasteiger partial charge in [-0.1, -0.05) is 0 Å². The van der Waals surface area contributed by atoms with Gasteiger partial charge >= 0.3 is 80.8 Å². The minimum absolute atomic E-state index is 0. The van der Waals surface area contributed by atoms with Gasteiger partial charge in [-0.25, -0.2) is 0 Å². The first-order chi connectivity index (χ1) is 13.4. The zero-order valence-corrected chi connectivity index (χ0v) is 20.1. The number of aliphatic hydroxyl groups excluding tert-OH is 6. The molecule has 0 aromatic carbocycles. The van der Waals surface area contributed by atoms with Crippen LogP contribution in [0.3, 0.4) is 0 Å². The van der Waals surface area contributed by atoms with E-state index in [9.17, 15) is 59.4 Å². The van der Waals surface area contributed by atoms with Crippen LogP contribution in [0.2, 0.25) is 0 Å². The second-order valence-electron chi connectivity index (χ2n) is 4.58. The first-order valence-corrected chi connectivity index (χ1v) is 6.73. The Hall–Kier alpha value is -0.745. The van der Waals surface area contributed by atoms with E-state index in [1.54, 1.807) is 0 Å². The third-order valence-electron chi connectivity index (χ3n) is 2.35. The summed E-state index contributed by atoms with van der Waals surface area (Å²) in [5.74, 6) is -12.4. The molecule has 0 aliphatic carbocycles. The van der Waals surface area contributed by atoms with Gasteiger partial charge in [-0.3, -0.25) is 0 Å². The molecule has 0 saturated carbocycles. The molecule has 18 nitrogen and oxygen atoms in total. The van der Waals surface area contributed by atoms with Crippen LogP contribution in [0.25, 0.3) is 0 Å². The molecular formula is C12H12O18Sm2. The number of hydrogen-bond donors (Lipinski definition) is 6. The second kappa shape index (κ2) is 20.8. The van der Waals surface area contributed by atoms with E-state index >= 15 is 0 Å². The standard InChI is InChI=1S/3C4H6O6.2Sm/c3*5-1(3(7)8)2(6)4(9)10;;/h3*1-2,5-6H,(H,7,8)(H,9,10);;/q;;;2*+3/p-6. The van der Waals surface area contributed by atoms with Crippen LogP contribution in [0.15, 0.2) is 0 Å². The van der Waals surface area contributed by atoms with Gasteiger partial charge in [0.1, 0.15) is 36.6 Å². The maximum absolute atomic E-state index is 9.63. The van der Waals surface area contributed by atoms with Crippen LogP contribution in [-0.4, -0.2) is 103 Å². The molecule has 6 unspecified atom stereocenters. The van der Waals surface area contributed by atoms with Gasteiger partial charge in [0.2, 0.25) is 0 Å². The first kappa shape index (κ1) is 41.5.